The molecular weight excluding hydrogens is 252 g/mol. The number of rotatable bonds is 4. The molecule has 2 aromatic rings. The van der Waals surface area contributed by atoms with Gasteiger partial charge >= 0.3 is 0 Å². The van der Waals surface area contributed by atoms with Crippen molar-refractivity contribution in [2.24, 2.45) is 0 Å². The van der Waals surface area contributed by atoms with Crippen molar-refractivity contribution in [1.29, 1.82) is 0 Å². The minimum Gasteiger partial charge on any atom is -0.506 e. The van der Waals surface area contributed by atoms with E-state index in [1.165, 1.54) is 6.07 Å². The molecule has 0 aliphatic rings. The van der Waals surface area contributed by atoms with Crippen molar-refractivity contribution in [1.82, 2.24) is 4.90 Å². The van der Waals surface area contributed by atoms with E-state index in [1.54, 1.807) is 17.0 Å². The number of nitrogens with two attached hydrogens (primary N) is 1. The Hall–Kier alpha value is -2.49. The Labute approximate surface area is 118 Å². The van der Waals surface area contributed by atoms with E-state index in [1.807, 2.05) is 37.3 Å². The number of carbonyl (C=O) groups is 1. The van der Waals surface area contributed by atoms with E-state index in [4.69, 9.17) is 5.73 Å². The van der Waals surface area contributed by atoms with Gasteiger partial charge in [0, 0.05) is 18.7 Å². The van der Waals surface area contributed by atoms with E-state index in [0.29, 0.717) is 18.7 Å². The third-order valence-electron chi connectivity index (χ3n) is 3.16. The fourth-order valence-electron chi connectivity index (χ4n) is 1.99. The van der Waals surface area contributed by atoms with Gasteiger partial charge in [-0.15, -0.1) is 0 Å². The molecule has 0 saturated carbocycles. The first kappa shape index (κ1) is 13.9. The molecule has 4 heteroatoms. The van der Waals surface area contributed by atoms with Gasteiger partial charge in [0.05, 0.1) is 5.69 Å². The summed E-state index contributed by atoms with van der Waals surface area (Å²) in [4.78, 5) is 14.1. The first-order valence-corrected chi connectivity index (χ1v) is 6.53. The maximum atomic E-state index is 12.4. The number of aromatic hydroxyl groups is 1. The molecular formula is C16H18N2O2. The fourth-order valence-corrected chi connectivity index (χ4v) is 1.99. The van der Waals surface area contributed by atoms with Crippen LogP contribution >= 0.6 is 0 Å². The van der Waals surface area contributed by atoms with E-state index < -0.39 is 0 Å². The average Bonchev–Trinajstić information content (AvgIpc) is 2.48. The summed E-state index contributed by atoms with van der Waals surface area (Å²) in [6.45, 7) is 3.07. The summed E-state index contributed by atoms with van der Waals surface area (Å²) in [6, 6.07) is 14.4. The largest absolute Gasteiger partial charge is 0.506 e. The molecule has 4 nitrogen and oxygen atoms in total. The van der Waals surface area contributed by atoms with Gasteiger partial charge in [-0.2, -0.15) is 0 Å². The van der Waals surface area contributed by atoms with Crippen LogP contribution in [0.25, 0.3) is 0 Å². The number of hydrogen-bond donors (Lipinski definition) is 2. The predicted molar refractivity (Wildman–Crippen MR) is 79.4 cm³/mol. The van der Waals surface area contributed by atoms with Gasteiger partial charge in [0.25, 0.3) is 5.91 Å². The number of phenolic OH excluding ortho intramolecular Hbond substituents is 1. The van der Waals surface area contributed by atoms with Crippen LogP contribution in [-0.4, -0.2) is 22.5 Å². The molecule has 3 N–H and O–H groups in total. The highest BCUT2D eigenvalue weighted by Gasteiger charge is 2.15. The second-order valence-corrected chi connectivity index (χ2v) is 4.58. The standard InChI is InChI=1S/C16H18N2O2/c1-2-18(11-12-6-4-3-5-7-12)16(20)13-8-9-14(17)15(19)10-13/h3-10,19H,2,11,17H2,1H3. The summed E-state index contributed by atoms with van der Waals surface area (Å²) in [6.07, 6.45) is 0. The summed E-state index contributed by atoms with van der Waals surface area (Å²) in [7, 11) is 0. The monoisotopic (exact) mass is 270 g/mol. The molecule has 0 spiro atoms. The Morgan fingerprint density at radius 3 is 2.50 bits per heavy atom. The first-order valence-electron chi connectivity index (χ1n) is 6.53. The maximum absolute atomic E-state index is 12.4. The van der Waals surface area contributed by atoms with Gasteiger partial charge in [0.15, 0.2) is 0 Å². The van der Waals surface area contributed by atoms with Crippen LogP contribution < -0.4 is 5.73 Å². The van der Waals surface area contributed by atoms with Crippen molar-refractivity contribution in [3.05, 3.63) is 59.7 Å². The molecule has 0 bridgehead atoms. The van der Waals surface area contributed by atoms with Gasteiger partial charge in [-0.3, -0.25) is 4.79 Å². The Kier molecular flexibility index (Phi) is 4.25. The average molecular weight is 270 g/mol. The van der Waals surface area contributed by atoms with Crippen molar-refractivity contribution < 1.29 is 9.90 Å². The van der Waals surface area contributed by atoms with E-state index >= 15 is 0 Å². The highest BCUT2D eigenvalue weighted by Crippen LogP contribution is 2.22. The zero-order valence-corrected chi connectivity index (χ0v) is 11.4. The van der Waals surface area contributed by atoms with Crippen molar-refractivity contribution in [2.75, 3.05) is 12.3 Å². The summed E-state index contributed by atoms with van der Waals surface area (Å²) >= 11 is 0. The number of nitrogen functional groups attached to an aromatic ring is 1. The van der Waals surface area contributed by atoms with Gasteiger partial charge < -0.3 is 15.7 Å². The Balaban J connectivity index is 2.18. The lowest BCUT2D eigenvalue weighted by atomic mass is 10.1. The molecule has 0 saturated heterocycles. The minimum absolute atomic E-state index is 0.0633. The molecule has 0 unspecified atom stereocenters. The lowest BCUT2D eigenvalue weighted by Gasteiger charge is -2.21. The lowest BCUT2D eigenvalue weighted by molar-refractivity contribution is 0.0752. The predicted octanol–water partition coefficient (Wildman–Crippen LogP) is 2.64. The van der Waals surface area contributed by atoms with E-state index in [2.05, 4.69) is 0 Å². The van der Waals surface area contributed by atoms with Crippen LogP contribution in [0.1, 0.15) is 22.8 Å². The third-order valence-corrected chi connectivity index (χ3v) is 3.16. The van der Waals surface area contributed by atoms with Crippen LogP contribution in [-0.2, 0) is 6.54 Å². The quantitative estimate of drug-likeness (QED) is 0.663. The summed E-state index contributed by atoms with van der Waals surface area (Å²) < 4.78 is 0. The molecule has 0 atom stereocenters. The molecule has 0 aliphatic carbocycles. The second-order valence-electron chi connectivity index (χ2n) is 4.58. The number of anilines is 1. The summed E-state index contributed by atoms with van der Waals surface area (Å²) in [5.41, 5.74) is 7.33. The molecule has 2 aromatic carbocycles. The van der Waals surface area contributed by atoms with Crippen LogP contribution in [0.15, 0.2) is 48.5 Å². The molecule has 0 heterocycles. The smallest absolute Gasteiger partial charge is 0.254 e. The van der Waals surface area contributed by atoms with Crippen LogP contribution in [0.4, 0.5) is 5.69 Å². The number of amides is 1. The van der Waals surface area contributed by atoms with Crippen LogP contribution in [0, 0.1) is 0 Å². The number of phenols is 1. The lowest BCUT2D eigenvalue weighted by Crippen LogP contribution is -2.30. The van der Waals surface area contributed by atoms with Crippen LogP contribution in [0.2, 0.25) is 0 Å². The molecule has 0 fully saturated rings. The number of benzene rings is 2. The van der Waals surface area contributed by atoms with Crippen LogP contribution in [0.3, 0.4) is 0 Å². The Morgan fingerprint density at radius 1 is 1.20 bits per heavy atom. The number of nitrogens with zero attached hydrogens (tertiary/aromatic N) is 1. The Morgan fingerprint density at radius 2 is 1.90 bits per heavy atom. The van der Waals surface area contributed by atoms with Gasteiger partial charge in [-0.25, -0.2) is 0 Å². The molecule has 0 radical (unpaired) electrons. The molecule has 20 heavy (non-hydrogen) atoms. The van der Waals surface area contributed by atoms with Gasteiger partial charge in [-0.1, -0.05) is 30.3 Å². The first-order chi connectivity index (χ1) is 9.61. The van der Waals surface area contributed by atoms with Crippen molar-refractivity contribution in [3.8, 4) is 5.75 Å². The van der Waals surface area contributed by atoms with Gasteiger partial charge in [0.2, 0.25) is 0 Å². The summed E-state index contributed by atoms with van der Waals surface area (Å²) in [5.74, 6) is -0.182. The molecule has 2 rings (SSSR count). The molecule has 104 valence electrons. The second kappa shape index (κ2) is 6.10. The third kappa shape index (κ3) is 3.09. The van der Waals surface area contributed by atoms with E-state index in [0.717, 1.165) is 5.56 Å². The molecule has 1 amide bonds. The minimum atomic E-state index is -0.119. The highest BCUT2D eigenvalue weighted by atomic mass is 16.3. The molecule has 0 aliphatic heterocycles. The topological polar surface area (TPSA) is 66.6 Å². The van der Waals surface area contributed by atoms with Crippen LogP contribution in [0.5, 0.6) is 5.75 Å². The fraction of sp³-hybridized carbons (Fsp3) is 0.188. The Bertz CT molecular complexity index is 597. The number of carbonyl (C=O) groups excluding carboxylic acids is 1. The SMILES string of the molecule is CCN(Cc1ccccc1)C(=O)c1ccc(N)c(O)c1. The number of hydrogen-bond acceptors (Lipinski definition) is 3. The van der Waals surface area contributed by atoms with Crippen molar-refractivity contribution >= 4 is 11.6 Å². The van der Waals surface area contributed by atoms with Crippen molar-refractivity contribution in [3.63, 3.8) is 0 Å². The maximum Gasteiger partial charge on any atom is 0.254 e. The summed E-state index contributed by atoms with van der Waals surface area (Å²) in [5, 5.41) is 9.60. The zero-order valence-electron chi connectivity index (χ0n) is 11.4. The normalized spacial score (nSPS) is 10.2. The molecule has 0 aromatic heterocycles. The van der Waals surface area contributed by atoms with Gasteiger partial charge in [-0.05, 0) is 30.7 Å². The van der Waals surface area contributed by atoms with E-state index in [9.17, 15) is 9.90 Å². The highest BCUT2D eigenvalue weighted by molar-refractivity contribution is 5.95. The van der Waals surface area contributed by atoms with Crippen molar-refractivity contribution in [2.45, 2.75) is 13.5 Å². The zero-order chi connectivity index (χ0) is 14.5. The van der Waals surface area contributed by atoms with Gasteiger partial charge in [0.1, 0.15) is 5.75 Å². The van der Waals surface area contributed by atoms with E-state index in [-0.39, 0.29) is 17.3 Å².